The van der Waals surface area contributed by atoms with E-state index in [2.05, 4.69) is 19.2 Å². The van der Waals surface area contributed by atoms with Crippen molar-refractivity contribution in [2.45, 2.75) is 52.0 Å². The zero-order valence-corrected chi connectivity index (χ0v) is 13.4. The quantitative estimate of drug-likeness (QED) is 0.911. The van der Waals surface area contributed by atoms with E-state index in [9.17, 15) is 9.59 Å². The van der Waals surface area contributed by atoms with Gasteiger partial charge in [0.1, 0.15) is 0 Å². The number of nitrogens with zero attached hydrogens (tertiary/aromatic N) is 1. The second kappa shape index (κ2) is 6.11. The molecule has 0 aliphatic carbocycles. The summed E-state index contributed by atoms with van der Waals surface area (Å²) in [6.07, 6.45) is 4.66. The zero-order chi connectivity index (χ0) is 15.7. The summed E-state index contributed by atoms with van der Waals surface area (Å²) in [5, 5.41) is 2.87. The molecule has 0 aromatic heterocycles. The first-order valence-electron chi connectivity index (χ1n) is 8.32. The molecular formula is C18H24N2O2. The molecule has 22 heavy (non-hydrogen) atoms. The number of benzene rings is 1. The predicted octanol–water partition coefficient (Wildman–Crippen LogP) is 3.22. The molecule has 1 N–H and O–H groups in total. The van der Waals surface area contributed by atoms with Crippen LogP contribution < -0.4 is 5.32 Å². The maximum absolute atomic E-state index is 12.9. The molecule has 2 heterocycles. The van der Waals surface area contributed by atoms with Crippen molar-refractivity contribution in [3.63, 3.8) is 0 Å². The monoisotopic (exact) mass is 300 g/mol. The van der Waals surface area contributed by atoms with Crippen molar-refractivity contribution in [1.82, 2.24) is 4.90 Å². The number of amides is 2. The van der Waals surface area contributed by atoms with Gasteiger partial charge < -0.3 is 10.2 Å². The van der Waals surface area contributed by atoms with Gasteiger partial charge in [0.15, 0.2) is 0 Å². The fourth-order valence-electron chi connectivity index (χ4n) is 3.48. The minimum Gasteiger partial charge on any atom is -0.336 e. The summed E-state index contributed by atoms with van der Waals surface area (Å²) in [5.41, 5.74) is 2.67. The first-order chi connectivity index (χ1) is 10.6. The molecule has 2 atom stereocenters. The third kappa shape index (κ3) is 2.87. The Morgan fingerprint density at radius 3 is 2.91 bits per heavy atom. The van der Waals surface area contributed by atoms with Crippen molar-refractivity contribution in [2.24, 2.45) is 5.92 Å². The number of piperidine rings is 1. The van der Waals surface area contributed by atoms with Crippen molar-refractivity contribution < 1.29 is 9.59 Å². The number of aryl methyl sites for hydroxylation is 1. The summed E-state index contributed by atoms with van der Waals surface area (Å²) in [4.78, 5) is 26.3. The van der Waals surface area contributed by atoms with Crippen molar-refractivity contribution in [2.75, 3.05) is 11.9 Å². The fourth-order valence-corrected chi connectivity index (χ4v) is 3.48. The van der Waals surface area contributed by atoms with Gasteiger partial charge in [0.25, 0.3) is 5.91 Å². The predicted molar refractivity (Wildman–Crippen MR) is 86.9 cm³/mol. The van der Waals surface area contributed by atoms with E-state index in [4.69, 9.17) is 0 Å². The molecule has 1 saturated heterocycles. The summed E-state index contributed by atoms with van der Waals surface area (Å²) in [6.45, 7) is 5.21. The van der Waals surface area contributed by atoms with Gasteiger partial charge in [-0.05, 0) is 55.9 Å². The molecule has 0 saturated carbocycles. The Morgan fingerprint density at radius 1 is 1.32 bits per heavy atom. The van der Waals surface area contributed by atoms with Crippen LogP contribution in [0.1, 0.15) is 55.5 Å². The van der Waals surface area contributed by atoms with Crippen molar-refractivity contribution >= 4 is 17.5 Å². The number of fused-ring (bicyclic) bond motifs is 1. The van der Waals surface area contributed by atoms with Crippen molar-refractivity contribution in [1.29, 1.82) is 0 Å². The molecule has 1 fully saturated rings. The highest BCUT2D eigenvalue weighted by Gasteiger charge is 2.29. The average Bonchev–Trinajstić information content (AvgIpc) is 2.54. The first kappa shape index (κ1) is 15.1. The molecule has 118 valence electrons. The van der Waals surface area contributed by atoms with E-state index in [1.165, 1.54) is 6.42 Å². The lowest BCUT2D eigenvalue weighted by molar-refractivity contribution is -0.116. The van der Waals surface area contributed by atoms with Gasteiger partial charge in [-0.15, -0.1) is 0 Å². The van der Waals surface area contributed by atoms with Crippen LogP contribution >= 0.6 is 0 Å². The molecule has 0 bridgehead atoms. The SMILES string of the molecule is CC[C@H]1CC[C@@H](C)N(C(=O)c2ccc3c(c2)CCC(=O)N3)C1. The second-order valence-corrected chi connectivity index (χ2v) is 6.58. The van der Waals surface area contributed by atoms with Gasteiger partial charge in [-0.1, -0.05) is 13.3 Å². The molecule has 0 radical (unpaired) electrons. The average molecular weight is 300 g/mol. The van der Waals surface area contributed by atoms with Gasteiger partial charge in [-0.25, -0.2) is 0 Å². The molecule has 0 unspecified atom stereocenters. The Labute approximate surface area is 131 Å². The Hall–Kier alpha value is -1.84. The Morgan fingerprint density at radius 2 is 2.14 bits per heavy atom. The number of carbonyl (C=O) groups excluding carboxylic acids is 2. The Bertz CT molecular complexity index is 597. The topological polar surface area (TPSA) is 49.4 Å². The number of nitrogens with one attached hydrogen (secondary N) is 1. The first-order valence-corrected chi connectivity index (χ1v) is 8.32. The molecule has 2 aliphatic rings. The molecule has 3 rings (SSSR count). The fraction of sp³-hybridized carbons (Fsp3) is 0.556. The Kier molecular flexibility index (Phi) is 4.19. The minimum absolute atomic E-state index is 0.0574. The van der Waals surface area contributed by atoms with Gasteiger partial charge in [-0.2, -0.15) is 0 Å². The lowest BCUT2D eigenvalue weighted by Gasteiger charge is -2.38. The molecule has 2 amide bonds. The van der Waals surface area contributed by atoms with E-state index in [1.807, 2.05) is 23.1 Å². The number of hydrogen-bond acceptors (Lipinski definition) is 2. The maximum Gasteiger partial charge on any atom is 0.254 e. The van der Waals surface area contributed by atoms with E-state index in [0.717, 1.165) is 42.6 Å². The number of rotatable bonds is 2. The van der Waals surface area contributed by atoms with Crippen LogP contribution in [0.4, 0.5) is 5.69 Å². The molecule has 1 aromatic rings. The maximum atomic E-state index is 12.9. The summed E-state index contributed by atoms with van der Waals surface area (Å²) in [6, 6.07) is 5.98. The van der Waals surface area contributed by atoms with Crippen LogP contribution in [-0.4, -0.2) is 29.3 Å². The number of anilines is 1. The second-order valence-electron chi connectivity index (χ2n) is 6.58. The highest BCUT2D eigenvalue weighted by molar-refractivity contribution is 5.98. The van der Waals surface area contributed by atoms with E-state index >= 15 is 0 Å². The normalized spacial score (nSPS) is 24.6. The summed E-state index contributed by atoms with van der Waals surface area (Å²) >= 11 is 0. The van der Waals surface area contributed by atoms with Crippen molar-refractivity contribution in [3.05, 3.63) is 29.3 Å². The standard InChI is InChI=1S/C18H24N2O2/c1-3-13-5-4-12(2)20(11-13)18(22)15-6-8-16-14(10-15)7-9-17(21)19-16/h6,8,10,12-13H,3-5,7,9,11H2,1-2H3,(H,19,21)/t12-,13+/m1/s1. The summed E-state index contributed by atoms with van der Waals surface area (Å²) in [5.74, 6) is 0.810. The van der Waals surface area contributed by atoms with Crippen molar-refractivity contribution in [3.8, 4) is 0 Å². The van der Waals surface area contributed by atoms with Gasteiger partial charge in [-0.3, -0.25) is 9.59 Å². The molecule has 1 aromatic carbocycles. The van der Waals surface area contributed by atoms with Crippen LogP contribution in [0.2, 0.25) is 0 Å². The van der Waals surface area contributed by atoms with Crippen LogP contribution in [0, 0.1) is 5.92 Å². The molecule has 4 heteroatoms. The van der Waals surface area contributed by atoms with Gasteiger partial charge in [0, 0.05) is 30.3 Å². The zero-order valence-electron chi connectivity index (χ0n) is 13.4. The van der Waals surface area contributed by atoms with Crippen LogP contribution in [-0.2, 0) is 11.2 Å². The Balaban J connectivity index is 1.81. The smallest absolute Gasteiger partial charge is 0.254 e. The number of hydrogen-bond donors (Lipinski definition) is 1. The van der Waals surface area contributed by atoms with E-state index in [0.29, 0.717) is 18.4 Å². The summed E-state index contributed by atoms with van der Waals surface area (Å²) in [7, 11) is 0. The summed E-state index contributed by atoms with van der Waals surface area (Å²) < 4.78 is 0. The third-order valence-electron chi connectivity index (χ3n) is 5.07. The highest BCUT2D eigenvalue weighted by Crippen LogP contribution is 2.28. The van der Waals surface area contributed by atoms with Crippen LogP contribution in [0.15, 0.2) is 18.2 Å². The largest absolute Gasteiger partial charge is 0.336 e. The minimum atomic E-state index is 0.0574. The van der Waals surface area contributed by atoms with Gasteiger partial charge in [0.2, 0.25) is 5.91 Å². The van der Waals surface area contributed by atoms with E-state index < -0.39 is 0 Å². The third-order valence-corrected chi connectivity index (χ3v) is 5.07. The highest BCUT2D eigenvalue weighted by atomic mass is 16.2. The number of likely N-dealkylation sites (tertiary alicyclic amines) is 1. The van der Waals surface area contributed by atoms with Crippen LogP contribution in [0.5, 0.6) is 0 Å². The number of carbonyl (C=O) groups is 2. The van der Waals surface area contributed by atoms with Crippen LogP contribution in [0.25, 0.3) is 0 Å². The molecule has 0 spiro atoms. The van der Waals surface area contributed by atoms with E-state index in [1.54, 1.807) is 0 Å². The van der Waals surface area contributed by atoms with Gasteiger partial charge in [0.05, 0.1) is 0 Å². The lowest BCUT2D eigenvalue weighted by Crippen LogP contribution is -2.45. The van der Waals surface area contributed by atoms with E-state index in [-0.39, 0.29) is 11.8 Å². The molecule has 4 nitrogen and oxygen atoms in total. The molecular weight excluding hydrogens is 276 g/mol. The lowest BCUT2D eigenvalue weighted by atomic mass is 9.90. The molecule has 2 aliphatic heterocycles. The van der Waals surface area contributed by atoms with Gasteiger partial charge >= 0.3 is 0 Å². The van der Waals surface area contributed by atoms with Crippen LogP contribution in [0.3, 0.4) is 0 Å².